The normalized spacial score (nSPS) is 11.5. The molecule has 2 aromatic heterocycles. The van der Waals surface area contributed by atoms with Crippen LogP contribution in [0.2, 0.25) is 5.28 Å². The number of hydrogen-bond acceptors (Lipinski definition) is 3. The van der Waals surface area contributed by atoms with Crippen molar-refractivity contribution in [3.05, 3.63) is 41.6 Å². The third kappa shape index (κ3) is 2.71. The van der Waals surface area contributed by atoms with Gasteiger partial charge in [0.15, 0.2) is 0 Å². The van der Waals surface area contributed by atoms with Gasteiger partial charge in [0, 0.05) is 18.0 Å². The molecule has 2 aromatic rings. The predicted octanol–water partition coefficient (Wildman–Crippen LogP) is 3.21. The first kappa shape index (κ1) is 11.8. The molecule has 0 unspecified atom stereocenters. The maximum Gasteiger partial charge on any atom is 0.433 e. The SMILES string of the molecule is FC(F)(F)c1cc(-c2cccnc2)nc(Cl)n1. The molecular weight excluding hydrogens is 255 g/mol. The Morgan fingerprint density at radius 1 is 1.18 bits per heavy atom. The van der Waals surface area contributed by atoms with Crippen LogP contribution in [0.3, 0.4) is 0 Å². The molecular formula is C10H5ClF3N3. The van der Waals surface area contributed by atoms with Crippen molar-refractivity contribution in [2.45, 2.75) is 6.18 Å². The van der Waals surface area contributed by atoms with E-state index in [1.165, 1.54) is 12.4 Å². The molecule has 0 aliphatic rings. The summed E-state index contributed by atoms with van der Waals surface area (Å²) >= 11 is 5.46. The van der Waals surface area contributed by atoms with Gasteiger partial charge in [0.05, 0.1) is 5.69 Å². The van der Waals surface area contributed by atoms with Gasteiger partial charge in [0.25, 0.3) is 0 Å². The summed E-state index contributed by atoms with van der Waals surface area (Å²) in [6.45, 7) is 0. The van der Waals surface area contributed by atoms with Crippen LogP contribution < -0.4 is 0 Å². The average molecular weight is 260 g/mol. The molecule has 0 spiro atoms. The zero-order chi connectivity index (χ0) is 12.5. The van der Waals surface area contributed by atoms with Crippen LogP contribution in [-0.4, -0.2) is 15.0 Å². The highest BCUT2D eigenvalue weighted by molar-refractivity contribution is 6.28. The fraction of sp³-hybridized carbons (Fsp3) is 0.100. The van der Waals surface area contributed by atoms with Gasteiger partial charge in [-0.2, -0.15) is 13.2 Å². The van der Waals surface area contributed by atoms with Crippen molar-refractivity contribution in [1.29, 1.82) is 0 Å². The predicted molar refractivity (Wildman–Crippen MR) is 55.3 cm³/mol. The van der Waals surface area contributed by atoms with Gasteiger partial charge >= 0.3 is 6.18 Å². The van der Waals surface area contributed by atoms with Gasteiger partial charge in [-0.1, -0.05) is 0 Å². The molecule has 7 heteroatoms. The number of aromatic nitrogens is 3. The molecule has 2 rings (SSSR count). The molecule has 0 radical (unpaired) electrons. The van der Waals surface area contributed by atoms with Crippen molar-refractivity contribution in [1.82, 2.24) is 15.0 Å². The Bertz CT molecular complexity index is 528. The van der Waals surface area contributed by atoms with E-state index < -0.39 is 17.2 Å². The maximum absolute atomic E-state index is 12.5. The number of hydrogen-bond donors (Lipinski definition) is 0. The van der Waals surface area contributed by atoms with Crippen molar-refractivity contribution < 1.29 is 13.2 Å². The topological polar surface area (TPSA) is 38.7 Å². The lowest BCUT2D eigenvalue weighted by Gasteiger charge is -2.07. The summed E-state index contributed by atoms with van der Waals surface area (Å²) in [5, 5.41) is -0.446. The van der Waals surface area contributed by atoms with Crippen LogP contribution >= 0.6 is 11.6 Å². The summed E-state index contributed by atoms with van der Waals surface area (Å²) in [6, 6.07) is 4.02. The smallest absolute Gasteiger partial charge is 0.264 e. The summed E-state index contributed by atoms with van der Waals surface area (Å²) < 4.78 is 37.5. The van der Waals surface area contributed by atoms with Gasteiger partial charge < -0.3 is 0 Å². The third-order valence-corrected chi connectivity index (χ3v) is 2.12. The van der Waals surface area contributed by atoms with Gasteiger partial charge in [-0.15, -0.1) is 0 Å². The molecule has 0 aliphatic carbocycles. The largest absolute Gasteiger partial charge is 0.433 e. The molecule has 0 bridgehead atoms. The Balaban J connectivity index is 2.54. The van der Waals surface area contributed by atoms with E-state index in [9.17, 15) is 13.2 Å². The van der Waals surface area contributed by atoms with Crippen LogP contribution in [0.1, 0.15) is 5.69 Å². The Kier molecular flexibility index (Phi) is 2.97. The molecule has 0 saturated heterocycles. The lowest BCUT2D eigenvalue weighted by Crippen LogP contribution is -2.09. The molecule has 0 fully saturated rings. The third-order valence-electron chi connectivity index (χ3n) is 1.95. The molecule has 88 valence electrons. The van der Waals surface area contributed by atoms with E-state index in [0.29, 0.717) is 5.56 Å². The highest BCUT2D eigenvalue weighted by atomic mass is 35.5. The van der Waals surface area contributed by atoms with Crippen LogP contribution in [0.25, 0.3) is 11.3 Å². The fourth-order valence-corrected chi connectivity index (χ4v) is 1.41. The molecule has 2 heterocycles. The number of alkyl halides is 3. The van der Waals surface area contributed by atoms with E-state index >= 15 is 0 Å². The van der Waals surface area contributed by atoms with E-state index in [-0.39, 0.29) is 5.69 Å². The van der Waals surface area contributed by atoms with E-state index in [2.05, 4.69) is 15.0 Å². The van der Waals surface area contributed by atoms with Crippen molar-refractivity contribution in [3.63, 3.8) is 0 Å². The van der Waals surface area contributed by atoms with E-state index in [0.717, 1.165) is 6.07 Å². The van der Waals surface area contributed by atoms with Gasteiger partial charge in [-0.25, -0.2) is 9.97 Å². The minimum absolute atomic E-state index is 0.0884. The second-order valence-corrected chi connectivity index (χ2v) is 3.48. The monoisotopic (exact) mass is 259 g/mol. The number of nitrogens with zero attached hydrogens (tertiary/aromatic N) is 3. The van der Waals surface area contributed by atoms with Crippen molar-refractivity contribution in [3.8, 4) is 11.3 Å². The molecule has 0 N–H and O–H groups in total. The van der Waals surface area contributed by atoms with Gasteiger partial charge in [-0.05, 0) is 29.8 Å². The minimum Gasteiger partial charge on any atom is -0.264 e. The number of rotatable bonds is 1. The Morgan fingerprint density at radius 2 is 1.94 bits per heavy atom. The van der Waals surface area contributed by atoms with Gasteiger partial charge in [-0.3, -0.25) is 4.98 Å². The molecule has 0 aliphatic heterocycles. The lowest BCUT2D eigenvalue weighted by molar-refractivity contribution is -0.141. The van der Waals surface area contributed by atoms with Gasteiger partial charge in [0.2, 0.25) is 5.28 Å². The Morgan fingerprint density at radius 3 is 2.53 bits per heavy atom. The molecule has 0 atom stereocenters. The molecule has 3 nitrogen and oxygen atoms in total. The van der Waals surface area contributed by atoms with Crippen molar-refractivity contribution in [2.75, 3.05) is 0 Å². The van der Waals surface area contributed by atoms with E-state index in [4.69, 9.17) is 11.6 Å². The number of pyridine rings is 1. The van der Waals surface area contributed by atoms with Gasteiger partial charge in [0.1, 0.15) is 5.69 Å². The maximum atomic E-state index is 12.5. The van der Waals surface area contributed by atoms with E-state index in [1.54, 1.807) is 12.1 Å². The molecule has 0 saturated carbocycles. The van der Waals surface area contributed by atoms with Crippen LogP contribution in [0, 0.1) is 0 Å². The highest BCUT2D eigenvalue weighted by Gasteiger charge is 2.33. The Labute approximate surface area is 99.3 Å². The summed E-state index contributed by atoms with van der Waals surface area (Å²) in [5.74, 6) is 0. The van der Waals surface area contributed by atoms with Crippen LogP contribution in [0.4, 0.5) is 13.2 Å². The quantitative estimate of drug-likeness (QED) is 0.738. The standard InChI is InChI=1S/C10H5ClF3N3/c11-9-16-7(6-2-1-3-15-5-6)4-8(17-9)10(12,13)14/h1-5H. The summed E-state index contributed by atoms with van der Waals surface area (Å²) in [4.78, 5) is 10.7. The molecule has 17 heavy (non-hydrogen) atoms. The minimum atomic E-state index is -4.55. The van der Waals surface area contributed by atoms with Crippen molar-refractivity contribution in [2.24, 2.45) is 0 Å². The van der Waals surface area contributed by atoms with Crippen LogP contribution in [0.15, 0.2) is 30.6 Å². The summed E-state index contributed by atoms with van der Waals surface area (Å²) in [6.07, 6.45) is -1.64. The van der Waals surface area contributed by atoms with Crippen molar-refractivity contribution >= 4 is 11.6 Å². The van der Waals surface area contributed by atoms with Crippen LogP contribution in [-0.2, 0) is 6.18 Å². The second kappa shape index (κ2) is 4.29. The first-order valence-electron chi connectivity index (χ1n) is 4.49. The zero-order valence-electron chi connectivity index (χ0n) is 8.24. The first-order valence-corrected chi connectivity index (χ1v) is 4.87. The average Bonchev–Trinajstić information content (AvgIpc) is 2.28. The molecule has 0 aromatic carbocycles. The lowest BCUT2D eigenvalue weighted by atomic mass is 10.2. The zero-order valence-corrected chi connectivity index (χ0v) is 9.00. The summed E-state index contributed by atoms with van der Waals surface area (Å²) in [7, 11) is 0. The number of halogens is 4. The van der Waals surface area contributed by atoms with Crippen LogP contribution in [0.5, 0.6) is 0 Å². The summed E-state index contributed by atoms with van der Waals surface area (Å²) in [5.41, 5.74) is -0.538. The van der Waals surface area contributed by atoms with E-state index in [1.807, 2.05) is 0 Å². The Hall–Kier alpha value is -1.69. The highest BCUT2D eigenvalue weighted by Crippen LogP contribution is 2.30. The second-order valence-electron chi connectivity index (χ2n) is 3.15. The fourth-order valence-electron chi connectivity index (χ4n) is 1.23. The first-order chi connectivity index (χ1) is 7.97. The molecule has 0 amide bonds.